The monoisotopic (exact) mass is 270 g/mol. The fraction of sp³-hybridized carbons (Fsp3) is 0.100. The highest BCUT2D eigenvalue weighted by molar-refractivity contribution is 7.71. The van der Waals surface area contributed by atoms with Gasteiger partial charge in [0.25, 0.3) is 0 Å². The molecule has 1 heterocycles. The standard InChI is InChI=1S/C10H8ClFN4S/c1-6-14-15-10(17)16(6)13-5-7-2-3-8(11)9(12)4-7/h2-5H,1H3,(H,15,17). The minimum Gasteiger partial charge on any atom is -0.250 e. The number of halogens is 2. The first kappa shape index (κ1) is 11.9. The Bertz CT molecular complexity index is 631. The SMILES string of the molecule is Cc1n[nH]c(=S)n1N=Cc1ccc(Cl)c(F)c1. The van der Waals surface area contributed by atoms with Crippen LogP contribution in [0, 0.1) is 17.5 Å². The fourth-order valence-corrected chi connectivity index (χ4v) is 1.57. The predicted molar refractivity (Wildman–Crippen MR) is 66.6 cm³/mol. The Morgan fingerprint density at radius 1 is 1.59 bits per heavy atom. The molecule has 17 heavy (non-hydrogen) atoms. The van der Waals surface area contributed by atoms with Crippen molar-refractivity contribution in [2.45, 2.75) is 6.92 Å². The molecule has 1 N–H and O–H groups in total. The fourth-order valence-electron chi connectivity index (χ4n) is 1.22. The molecule has 0 fully saturated rings. The summed E-state index contributed by atoms with van der Waals surface area (Å²) >= 11 is 10.5. The maximum absolute atomic E-state index is 13.2. The molecule has 1 aromatic carbocycles. The van der Waals surface area contributed by atoms with Gasteiger partial charge in [0.2, 0.25) is 4.77 Å². The van der Waals surface area contributed by atoms with Gasteiger partial charge in [-0.3, -0.25) is 5.10 Å². The predicted octanol–water partition coefficient (Wildman–Crippen LogP) is 2.92. The zero-order valence-corrected chi connectivity index (χ0v) is 10.4. The third-order valence-corrected chi connectivity index (χ3v) is 2.65. The zero-order chi connectivity index (χ0) is 12.4. The van der Waals surface area contributed by atoms with E-state index in [4.69, 9.17) is 23.8 Å². The van der Waals surface area contributed by atoms with Crippen molar-refractivity contribution in [3.8, 4) is 0 Å². The highest BCUT2D eigenvalue weighted by Crippen LogP contribution is 2.14. The van der Waals surface area contributed by atoms with Crippen LogP contribution in [0.2, 0.25) is 5.02 Å². The Hall–Kier alpha value is -1.53. The van der Waals surface area contributed by atoms with E-state index in [1.54, 1.807) is 13.0 Å². The average molecular weight is 271 g/mol. The molecule has 0 spiro atoms. The van der Waals surface area contributed by atoms with Crippen LogP contribution in [0.15, 0.2) is 23.3 Å². The lowest BCUT2D eigenvalue weighted by atomic mass is 10.2. The van der Waals surface area contributed by atoms with E-state index in [0.717, 1.165) is 0 Å². The average Bonchev–Trinajstić information content (AvgIpc) is 2.61. The maximum atomic E-state index is 13.2. The molecule has 0 aliphatic heterocycles. The highest BCUT2D eigenvalue weighted by atomic mass is 35.5. The Morgan fingerprint density at radius 2 is 2.35 bits per heavy atom. The normalized spacial score (nSPS) is 11.2. The van der Waals surface area contributed by atoms with E-state index < -0.39 is 5.82 Å². The van der Waals surface area contributed by atoms with Gasteiger partial charge in [0.1, 0.15) is 11.6 Å². The van der Waals surface area contributed by atoms with E-state index in [9.17, 15) is 4.39 Å². The minimum absolute atomic E-state index is 0.0817. The molecule has 0 saturated heterocycles. The van der Waals surface area contributed by atoms with Gasteiger partial charge in [-0.15, -0.1) is 0 Å². The first-order valence-electron chi connectivity index (χ1n) is 4.71. The van der Waals surface area contributed by atoms with Crippen LogP contribution >= 0.6 is 23.8 Å². The second-order valence-electron chi connectivity index (χ2n) is 3.31. The topological polar surface area (TPSA) is 46.0 Å². The Kier molecular flexibility index (Phi) is 3.35. The lowest BCUT2D eigenvalue weighted by Crippen LogP contribution is -1.94. The summed E-state index contributed by atoms with van der Waals surface area (Å²) in [7, 11) is 0. The van der Waals surface area contributed by atoms with Gasteiger partial charge in [-0.2, -0.15) is 14.9 Å². The first-order valence-corrected chi connectivity index (χ1v) is 5.50. The van der Waals surface area contributed by atoms with Crippen LogP contribution < -0.4 is 0 Å². The Balaban J connectivity index is 2.32. The Morgan fingerprint density at radius 3 is 2.94 bits per heavy atom. The number of nitrogens with zero attached hydrogens (tertiary/aromatic N) is 3. The lowest BCUT2D eigenvalue weighted by molar-refractivity contribution is 0.628. The summed E-state index contributed by atoms with van der Waals surface area (Å²) in [4.78, 5) is 0. The molecular weight excluding hydrogens is 263 g/mol. The van der Waals surface area contributed by atoms with Gasteiger partial charge in [-0.05, 0) is 36.8 Å². The van der Waals surface area contributed by atoms with Gasteiger partial charge in [0.15, 0.2) is 0 Å². The van der Waals surface area contributed by atoms with Crippen molar-refractivity contribution in [2.24, 2.45) is 5.10 Å². The molecule has 0 aliphatic carbocycles. The summed E-state index contributed by atoms with van der Waals surface area (Å²) in [6.07, 6.45) is 1.48. The van der Waals surface area contributed by atoms with E-state index >= 15 is 0 Å². The van der Waals surface area contributed by atoms with E-state index in [2.05, 4.69) is 15.3 Å². The van der Waals surface area contributed by atoms with Crippen molar-refractivity contribution in [3.63, 3.8) is 0 Å². The van der Waals surface area contributed by atoms with Gasteiger partial charge < -0.3 is 0 Å². The van der Waals surface area contributed by atoms with Crippen LogP contribution in [-0.4, -0.2) is 21.1 Å². The van der Waals surface area contributed by atoms with Crippen molar-refractivity contribution in [1.82, 2.24) is 14.9 Å². The van der Waals surface area contributed by atoms with Crippen LogP contribution in [0.1, 0.15) is 11.4 Å². The van der Waals surface area contributed by atoms with Crippen molar-refractivity contribution >= 4 is 30.0 Å². The summed E-state index contributed by atoms with van der Waals surface area (Å²) in [5.74, 6) is 0.142. The molecule has 1 aromatic heterocycles. The smallest absolute Gasteiger partial charge is 0.216 e. The molecule has 2 aromatic rings. The third-order valence-electron chi connectivity index (χ3n) is 2.08. The minimum atomic E-state index is -0.483. The van der Waals surface area contributed by atoms with Crippen LogP contribution in [0.25, 0.3) is 0 Å². The van der Waals surface area contributed by atoms with Crippen LogP contribution in [0.4, 0.5) is 4.39 Å². The van der Waals surface area contributed by atoms with Gasteiger partial charge in [0, 0.05) is 0 Å². The van der Waals surface area contributed by atoms with Gasteiger partial charge in [0.05, 0.1) is 11.2 Å². The largest absolute Gasteiger partial charge is 0.250 e. The first-order chi connectivity index (χ1) is 8.08. The number of rotatable bonds is 2. The van der Waals surface area contributed by atoms with Crippen LogP contribution in [0.3, 0.4) is 0 Å². The van der Waals surface area contributed by atoms with E-state index in [1.165, 1.54) is 23.0 Å². The Labute approximate surface area is 107 Å². The van der Waals surface area contributed by atoms with Crippen molar-refractivity contribution < 1.29 is 4.39 Å². The molecule has 0 bridgehead atoms. The van der Waals surface area contributed by atoms with E-state index in [1.807, 2.05) is 0 Å². The quantitative estimate of drug-likeness (QED) is 0.674. The number of hydrogen-bond acceptors (Lipinski definition) is 3. The summed E-state index contributed by atoms with van der Waals surface area (Å²) in [5, 5.41) is 10.7. The molecule has 0 amide bonds. The van der Waals surface area contributed by atoms with Crippen LogP contribution in [0.5, 0.6) is 0 Å². The van der Waals surface area contributed by atoms with Gasteiger partial charge >= 0.3 is 0 Å². The summed E-state index contributed by atoms with van der Waals surface area (Å²) in [6, 6.07) is 4.43. The van der Waals surface area contributed by atoms with Crippen LogP contribution in [-0.2, 0) is 0 Å². The molecule has 0 radical (unpaired) electrons. The number of nitrogens with one attached hydrogen (secondary N) is 1. The molecule has 7 heteroatoms. The lowest BCUT2D eigenvalue weighted by Gasteiger charge is -1.97. The zero-order valence-electron chi connectivity index (χ0n) is 8.82. The molecule has 88 valence electrons. The maximum Gasteiger partial charge on any atom is 0.216 e. The second-order valence-corrected chi connectivity index (χ2v) is 4.10. The van der Waals surface area contributed by atoms with Gasteiger partial charge in [-0.25, -0.2) is 4.39 Å². The molecule has 0 aliphatic rings. The van der Waals surface area contributed by atoms with E-state index in [0.29, 0.717) is 16.2 Å². The van der Waals surface area contributed by atoms with E-state index in [-0.39, 0.29) is 5.02 Å². The van der Waals surface area contributed by atoms with Crippen molar-refractivity contribution in [2.75, 3.05) is 0 Å². The van der Waals surface area contributed by atoms with Crippen molar-refractivity contribution in [3.05, 3.63) is 45.2 Å². The second kappa shape index (κ2) is 4.77. The van der Waals surface area contributed by atoms with Crippen molar-refractivity contribution in [1.29, 1.82) is 0 Å². The number of aromatic amines is 1. The third kappa shape index (κ3) is 2.59. The molecule has 0 unspecified atom stereocenters. The van der Waals surface area contributed by atoms with Gasteiger partial charge in [-0.1, -0.05) is 17.7 Å². The summed E-state index contributed by atoms with van der Waals surface area (Å²) < 4.78 is 15.0. The molecule has 0 atom stereocenters. The number of hydrogen-bond donors (Lipinski definition) is 1. The summed E-state index contributed by atoms with van der Waals surface area (Å²) in [6.45, 7) is 1.76. The molecule has 4 nitrogen and oxygen atoms in total. The number of H-pyrrole nitrogens is 1. The molecule has 2 rings (SSSR count). The molecular formula is C10H8ClFN4S. The number of benzene rings is 1. The summed E-state index contributed by atoms with van der Waals surface area (Å²) in [5.41, 5.74) is 0.592. The highest BCUT2D eigenvalue weighted by Gasteiger charge is 2.00. The number of aryl methyl sites for hydroxylation is 1. The molecule has 0 saturated carbocycles. The number of aromatic nitrogens is 3.